The Bertz CT molecular complexity index is 426. The van der Waals surface area contributed by atoms with Gasteiger partial charge in [-0.05, 0) is 37.4 Å². The highest BCUT2D eigenvalue weighted by Crippen LogP contribution is 2.22. The molecule has 102 valence electrons. The molecule has 5 nitrogen and oxygen atoms in total. The van der Waals surface area contributed by atoms with Gasteiger partial charge < -0.3 is 9.64 Å². The molecule has 18 heavy (non-hydrogen) atoms. The minimum Gasteiger partial charge on any atom is -0.384 e. The highest BCUT2D eigenvalue weighted by Gasteiger charge is 2.23. The molecule has 0 radical (unpaired) electrons. The third kappa shape index (κ3) is 2.92. The third-order valence-electron chi connectivity index (χ3n) is 3.39. The fraction of sp³-hybridized carbons (Fsp3) is 0.833. The largest absolute Gasteiger partial charge is 0.384 e. The average Bonchev–Trinajstić information content (AvgIpc) is 2.73. The van der Waals surface area contributed by atoms with Gasteiger partial charge in [-0.2, -0.15) is 0 Å². The molecule has 1 aromatic rings. The van der Waals surface area contributed by atoms with Crippen molar-refractivity contribution in [2.24, 2.45) is 5.92 Å². The summed E-state index contributed by atoms with van der Waals surface area (Å²) in [5.74, 6) is 1.59. The van der Waals surface area contributed by atoms with Gasteiger partial charge in [-0.25, -0.2) is 5.10 Å². The van der Waals surface area contributed by atoms with E-state index in [1.54, 1.807) is 7.11 Å². The minimum atomic E-state index is 0.601. The maximum Gasteiger partial charge on any atom is 0.225 e. The number of nitrogens with zero attached hydrogens (tertiary/aromatic N) is 3. The van der Waals surface area contributed by atoms with Crippen molar-refractivity contribution in [2.75, 3.05) is 31.7 Å². The maximum absolute atomic E-state index is 5.28. The van der Waals surface area contributed by atoms with E-state index in [2.05, 4.69) is 26.6 Å². The zero-order chi connectivity index (χ0) is 13.0. The minimum absolute atomic E-state index is 0.601. The van der Waals surface area contributed by atoms with E-state index in [9.17, 15) is 0 Å². The molecule has 1 atom stereocenters. The Labute approximate surface area is 113 Å². The molecule has 2 heterocycles. The second kappa shape index (κ2) is 6.33. The predicted molar refractivity (Wildman–Crippen MR) is 74.5 cm³/mol. The fourth-order valence-corrected chi connectivity index (χ4v) is 2.81. The Kier molecular flexibility index (Phi) is 4.77. The first-order valence-electron chi connectivity index (χ1n) is 6.65. The van der Waals surface area contributed by atoms with Gasteiger partial charge in [-0.3, -0.25) is 4.57 Å². The second-order valence-electron chi connectivity index (χ2n) is 4.89. The first-order valence-corrected chi connectivity index (χ1v) is 7.06. The summed E-state index contributed by atoms with van der Waals surface area (Å²) in [5, 5.41) is 7.29. The summed E-state index contributed by atoms with van der Waals surface area (Å²) in [5.41, 5.74) is 0. The smallest absolute Gasteiger partial charge is 0.225 e. The molecule has 1 aliphatic heterocycles. The van der Waals surface area contributed by atoms with Crippen LogP contribution in [0, 0.1) is 10.7 Å². The van der Waals surface area contributed by atoms with Crippen molar-refractivity contribution < 1.29 is 4.74 Å². The normalized spacial score (nSPS) is 20.3. The van der Waals surface area contributed by atoms with Crippen molar-refractivity contribution >= 4 is 18.2 Å². The lowest BCUT2D eigenvalue weighted by Crippen LogP contribution is -2.38. The summed E-state index contributed by atoms with van der Waals surface area (Å²) in [4.78, 5) is 2.33. The van der Waals surface area contributed by atoms with E-state index in [1.165, 1.54) is 12.8 Å². The van der Waals surface area contributed by atoms with Gasteiger partial charge in [0.25, 0.3) is 0 Å². The van der Waals surface area contributed by atoms with Crippen LogP contribution >= 0.6 is 12.2 Å². The summed E-state index contributed by atoms with van der Waals surface area (Å²) in [7, 11) is 1.77. The lowest BCUT2D eigenvalue weighted by atomic mass is 9.99. The summed E-state index contributed by atoms with van der Waals surface area (Å²) in [6, 6.07) is 0. The van der Waals surface area contributed by atoms with Crippen LogP contribution in [0.4, 0.5) is 5.95 Å². The topological polar surface area (TPSA) is 46.1 Å². The van der Waals surface area contributed by atoms with Gasteiger partial charge in [0.1, 0.15) is 0 Å². The van der Waals surface area contributed by atoms with Crippen LogP contribution in [0.15, 0.2) is 0 Å². The molecular formula is C12H22N4OS. The molecule has 0 bridgehead atoms. The number of H-pyrrole nitrogens is 1. The lowest BCUT2D eigenvalue weighted by Gasteiger charge is -2.33. The third-order valence-corrected chi connectivity index (χ3v) is 3.70. The zero-order valence-electron chi connectivity index (χ0n) is 11.2. The van der Waals surface area contributed by atoms with Gasteiger partial charge in [0.2, 0.25) is 5.95 Å². The van der Waals surface area contributed by atoms with E-state index in [4.69, 9.17) is 17.0 Å². The molecular weight excluding hydrogens is 248 g/mol. The van der Waals surface area contributed by atoms with Crippen LogP contribution in [-0.4, -0.2) is 41.6 Å². The fourth-order valence-electron chi connectivity index (χ4n) is 2.59. The van der Waals surface area contributed by atoms with Crippen LogP contribution in [0.25, 0.3) is 0 Å². The number of rotatable bonds is 5. The van der Waals surface area contributed by atoms with Crippen LogP contribution in [0.2, 0.25) is 0 Å². The Morgan fingerprint density at radius 2 is 2.39 bits per heavy atom. The second-order valence-corrected chi connectivity index (χ2v) is 5.28. The summed E-state index contributed by atoms with van der Waals surface area (Å²) >= 11 is 5.28. The average molecular weight is 270 g/mol. The van der Waals surface area contributed by atoms with Crippen molar-refractivity contribution in [1.82, 2.24) is 14.8 Å². The van der Waals surface area contributed by atoms with E-state index in [1.807, 2.05) is 0 Å². The Morgan fingerprint density at radius 1 is 1.56 bits per heavy atom. The standard InChI is InChI=1S/C12H22N4OS/c1-3-6-16-11(13-14-12(16)18)15-7-4-5-10(8-15)9-17-2/h10H,3-9H2,1-2H3,(H,14,18). The number of ether oxygens (including phenoxy) is 1. The molecule has 0 amide bonds. The van der Waals surface area contributed by atoms with Crippen molar-refractivity contribution in [1.29, 1.82) is 0 Å². The molecule has 6 heteroatoms. The number of hydrogen-bond donors (Lipinski definition) is 1. The van der Waals surface area contributed by atoms with Gasteiger partial charge in [0.15, 0.2) is 4.77 Å². The molecule has 1 N–H and O–H groups in total. The molecule has 0 aromatic carbocycles. The molecule has 0 saturated carbocycles. The zero-order valence-corrected chi connectivity index (χ0v) is 12.0. The van der Waals surface area contributed by atoms with Crippen LogP contribution < -0.4 is 4.90 Å². The Balaban J connectivity index is 2.13. The number of piperidine rings is 1. The number of aromatic nitrogens is 3. The van der Waals surface area contributed by atoms with Crippen LogP contribution in [0.5, 0.6) is 0 Å². The van der Waals surface area contributed by atoms with Crippen molar-refractivity contribution in [3.63, 3.8) is 0 Å². The molecule has 2 rings (SSSR count). The molecule has 1 fully saturated rings. The van der Waals surface area contributed by atoms with E-state index in [0.717, 1.165) is 43.4 Å². The van der Waals surface area contributed by atoms with Gasteiger partial charge in [0, 0.05) is 26.7 Å². The summed E-state index contributed by atoms with van der Waals surface area (Å²) in [6.07, 6.45) is 3.50. The maximum atomic E-state index is 5.28. The summed E-state index contributed by atoms with van der Waals surface area (Å²) in [6.45, 7) is 5.98. The molecule has 1 aromatic heterocycles. The molecule has 0 aliphatic carbocycles. The van der Waals surface area contributed by atoms with Crippen molar-refractivity contribution in [2.45, 2.75) is 32.7 Å². The lowest BCUT2D eigenvalue weighted by molar-refractivity contribution is 0.142. The molecule has 0 spiro atoms. The summed E-state index contributed by atoms with van der Waals surface area (Å²) < 4.78 is 8.09. The van der Waals surface area contributed by atoms with Gasteiger partial charge >= 0.3 is 0 Å². The van der Waals surface area contributed by atoms with Crippen LogP contribution in [0.1, 0.15) is 26.2 Å². The quantitative estimate of drug-likeness (QED) is 0.833. The highest BCUT2D eigenvalue weighted by molar-refractivity contribution is 7.71. The van der Waals surface area contributed by atoms with Gasteiger partial charge in [-0.15, -0.1) is 5.10 Å². The van der Waals surface area contributed by atoms with E-state index < -0.39 is 0 Å². The van der Waals surface area contributed by atoms with Crippen molar-refractivity contribution in [3.05, 3.63) is 4.77 Å². The Hall–Kier alpha value is -0.880. The van der Waals surface area contributed by atoms with Gasteiger partial charge in [0.05, 0.1) is 6.61 Å². The van der Waals surface area contributed by atoms with Crippen molar-refractivity contribution in [3.8, 4) is 0 Å². The van der Waals surface area contributed by atoms with Crippen LogP contribution in [0.3, 0.4) is 0 Å². The number of methoxy groups -OCH3 is 1. The van der Waals surface area contributed by atoms with E-state index in [0.29, 0.717) is 5.92 Å². The van der Waals surface area contributed by atoms with E-state index in [-0.39, 0.29) is 0 Å². The number of aromatic amines is 1. The number of hydrogen-bond acceptors (Lipinski definition) is 4. The SMILES string of the molecule is CCCn1c(N2CCCC(COC)C2)n[nH]c1=S. The predicted octanol–water partition coefficient (Wildman–Crippen LogP) is 2.21. The molecule has 1 unspecified atom stereocenters. The number of nitrogens with one attached hydrogen (secondary N) is 1. The molecule has 1 aliphatic rings. The number of anilines is 1. The first kappa shape index (κ1) is 13.5. The van der Waals surface area contributed by atoms with E-state index >= 15 is 0 Å². The van der Waals surface area contributed by atoms with Gasteiger partial charge in [-0.1, -0.05) is 6.92 Å². The first-order chi connectivity index (χ1) is 8.76. The highest BCUT2D eigenvalue weighted by atomic mass is 32.1. The molecule has 1 saturated heterocycles. The monoisotopic (exact) mass is 270 g/mol. The van der Waals surface area contributed by atoms with Crippen LogP contribution in [-0.2, 0) is 11.3 Å². The Morgan fingerprint density at radius 3 is 3.11 bits per heavy atom.